The monoisotopic (exact) mass is 396 g/mol. The SMILES string of the molecule is O=C(NCc1cccnc1)c1ccc(CN2CC(=O)N3CSC[C@H]3C2=O)cc1. The summed E-state index contributed by atoms with van der Waals surface area (Å²) < 4.78 is 0. The van der Waals surface area contributed by atoms with E-state index in [-0.39, 0.29) is 30.3 Å². The fraction of sp³-hybridized carbons (Fsp3) is 0.300. The Morgan fingerprint density at radius 3 is 2.75 bits per heavy atom. The Morgan fingerprint density at radius 1 is 1.18 bits per heavy atom. The maximum absolute atomic E-state index is 12.6. The third-order valence-corrected chi connectivity index (χ3v) is 5.90. The molecule has 7 nitrogen and oxygen atoms in total. The van der Waals surface area contributed by atoms with Gasteiger partial charge in [-0.2, -0.15) is 0 Å². The first-order valence-corrected chi connectivity index (χ1v) is 10.2. The molecular weight excluding hydrogens is 376 g/mol. The van der Waals surface area contributed by atoms with Gasteiger partial charge >= 0.3 is 0 Å². The van der Waals surface area contributed by atoms with Crippen LogP contribution in [0.5, 0.6) is 0 Å². The van der Waals surface area contributed by atoms with Gasteiger partial charge in [-0.05, 0) is 29.3 Å². The van der Waals surface area contributed by atoms with Gasteiger partial charge in [-0.3, -0.25) is 19.4 Å². The second-order valence-corrected chi connectivity index (χ2v) is 7.81. The molecule has 1 aromatic heterocycles. The minimum Gasteiger partial charge on any atom is -0.348 e. The number of fused-ring (bicyclic) bond motifs is 1. The molecule has 0 unspecified atom stereocenters. The number of carbonyl (C=O) groups excluding carboxylic acids is 3. The second kappa shape index (κ2) is 8.02. The molecule has 0 bridgehead atoms. The molecule has 1 aromatic carbocycles. The average molecular weight is 396 g/mol. The molecule has 28 heavy (non-hydrogen) atoms. The first kappa shape index (κ1) is 18.5. The fourth-order valence-corrected chi connectivity index (χ4v) is 4.51. The van der Waals surface area contributed by atoms with Crippen LogP contribution in [0.25, 0.3) is 0 Å². The maximum atomic E-state index is 12.6. The lowest BCUT2D eigenvalue weighted by molar-refractivity contribution is -0.153. The smallest absolute Gasteiger partial charge is 0.251 e. The topological polar surface area (TPSA) is 82.6 Å². The molecule has 2 aliphatic heterocycles. The third-order valence-electron chi connectivity index (χ3n) is 4.89. The van der Waals surface area contributed by atoms with Crippen molar-refractivity contribution >= 4 is 29.5 Å². The molecule has 2 aliphatic rings. The molecule has 2 fully saturated rings. The van der Waals surface area contributed by atoms with E-state index in [2.05, 4.69) is 10.3 Å². The lowest BCUT2D eigenvalue weighted by Crippen LogP contribution is -2.57. The standard InChI is InChI=1S/C20H20N4O3S/c25-18-11-23(20(27)17-12-28-13-24(17)18)10-14-3-5-16(6-4-14)19(26)22-9-15-2-1-7-21-8-15/h1-8,17H,9-13H2,(H,22,26)/t17-/m0/s1. The normalized spacial score (nSPS) is 18.9. The van der Waals surface area contributed by atoms with E-state index in [4.69, 9.17) is 0 Å². The molecule has 3 amide bonds. The highest BCUT2D eigenvalue weighted by Gasteiger charge is 2.42. The van der Waals surface area contributed by atoms with E-state index >= 15 is 0 Å². The molecule has 0 aliphatic carbocycles. The number of benzene rings is 1. The molecule has 3 heterocycles. The van der Waals surface area contributed by atoms with Crippen molar-refractivity contribution in [2.75, 3.05) is 18.2 Å². The van der Waals surface area contributed by atoms with E-state index in [1.807, 2.05) is 24.3 Å². The Hall–Kier alpha value is -2.87. The van der Waals surface area contributed by atoms with Crippen LogP contribution in [0.3, 0.4) is 0 Å². The van der Waals surface area contributed by atoms with Crippen LogP contribution in [-0.4, -0.2) is 56.7 Å². The Morgan fingerprint density at radius 2 is 2.00 bits per heavy atom. The summed E-state index contributed by atoms with van der Waals surface area (Å²) in [7, 11) is 0. The van der Waals surface area contributed by atoms with Crippen molar-refractivity contribution in [2.24, 2.45) is 0 Å². The molecule has 4 rings (SSSR count). The number of hydrogen-bond donors (Lipinski definition) is 1. The predicted molar refractivity (Wildman–Crippen MR) is 105 cm³/mol. The number of hydrogen-bond acceptors (Lipinski definition) is 5. The van der Waals surface area contributed by atoms with Gasteiger partial charge in [-0.25, -0.2) is 0 Å². The molecule has 0 radical (unpaired) electrons. The minimum absolute atomic E-state index is 0.000926. The van der Waals surface area contributed by atoms with Crippen LogP contribution in [0.1, 0.15) is 21.5 Å². The van der Waals surface area contributed by atoms with Crippen LogP contribution in [0.15, 0.2) is 48.8 Å². The molecule has 1 N–H and O–H groups in total. The highest BCUT2D eigenvalue weighted by molar-refractivity contribution is 7.99. The summed E-state index contributed by atoms with van der Waals surface area (Å²) in [5.41, 5.74) is 2.37. The van der Waals surface area contributed by atoms with Crippen molar-refractivity contribution in [3.63, 3.8) is 0 Å². The largest absolute Gasteiger partial charge is 0.348 e. The van der Waals surface area contributed by atoms with Gasteiger partial charge < -0.3 is 15.1 Å². The number of pyridine rings is 1. The average Bonchev–Trinajstić information content (AvgIpc) is 3.22. The van der Waals surface area contributed by atoms with Gasteiger partial charge in [0.2, 0.25) is 11.8 Å². The molecule has 2 aromatic rings. The lowest BCUT2D eigenvalue weighted by Gasteiger charge is -2.35. The van der Waals surface area contributed by atoms with E-state index in [1.54, 1.807) is 46.1 Å². The van der Waals surface area contributed by atoms with E-state index in [9.17, 15) is 14.4 Å². The van der Waals surface area contributed by atoms with Crippen LogP contribution < -0.4 is 5.32 Å². The summed E-state index contributed by atoms with van der Waals surface area (Å²) in [6.45, 7) is 0.898. The molecular formula is C20H20N4O3S. The van der Waals surface area contributed by atoms with Gasteiger partial charge in [-0.15, -0.1) is 11.8 Å². The van der Waals surface area contributed by atoms with E-state index in [1.165, 1.54) is 0 Å². The number of amides is 3. The van der Waals surface area contributed by atoms with Crippen LogP contribution in [0.2, 0.25) is 0 Å². The zero-order valence-corrected chi connectivity index (χ0v) is 16.0. The zero-order chi connectivity index (χ0) is 19.5. The Kier molecular flexibility index (Phi) is 5.29. The first-order valence-electron chi connectivity index (χ1n) is 9.04. The van der Waals surface area contributed by atoms with Gasteiger partial charge in [-0.1, -0.05) is 18.2 Å². The fourth-order valence-electron chi connectivity index (χ4n) is 3.34. The summed E-state index contributed by atoms with van der Waals surface area (Å²) in [6.07, 6.45) is 3.40. The highest BCUT2D eigenvalue weighted by Crippen LogP contribution is 2.26. The van der Waals surface area contributed by atoms with Crippen molar-refractivity contribution in [2.45, 2.75) is 19.1 Å². The quantitative estimate of drug-likeness (QED) is 0.823. The van der Waals surface area contributed by atoms with Crippen LogP contribution in [-0.2, 0) is 22.7 Å². The van der Waals surface area contributed by atoms with Crippen LogP contribution >= 0.6 is 11.8 Å². The molecule has 0 spiro atoms. The van der Waals surface area contributed by atoms with Crippen molar-refractivity contribution in [1.29, 1.82) is 0 Å². The number of thioether (sulfide) groups is 1. The van der Waals surface area contributed by atoms with E-state index in [0.29, 0.717) is 30.3 Å². The van der Waals surface area contributed by atoms with Crippen LogP contribution in [0.4, 0.5) is 0 Å². The summed E-state index contributed by atoms with van der Waals surface area (Å²) in [6, 6.07) is 10.5. The van der Waals surface area contributed by atoms with Gasteiger partial charge in [0.1, 0.15) is 12.6 Å². The highest BCUT2D eigenvalue weighted by atomic mass is 32.2. The Bertz CT molecular complexity index is 888. The summed E-state index contributed by atoms with van der Waals surface area (Å²) in [5.74, 6) is 1.10. The van der Waals surface area contributed by atoms with Crippen LogP contribution in [0, 0.1) is 0 Å². The van der Waals surface area contributed by atoms with Crippen molar-refractivity contribution in [3.8, 4) is 0 Å². The van der Waals surface area contributed by atoms with Crippen molar-refractivity contribution < 1.29 is 14.4 Å². The number of aromatic nitrogens is 1. The minimum atomic E-state index is -0.330. The first-order chi connectivity index (χ1) is 13.6. The summed E-state index contributed by atoms with van der Waals surface area (Å²) in [5, 5.41) is 2.86. The van der Waals surface area contributed by atoms with Gasteiger partial charge in [0.05, 0.1) is 5.88 Å². The van der Waals surface area contributed by atoms with Gasteiger partial charge in [0.25, 0.3) is 5.91 Å². The lowest BCUT2D eigenvalue weighted by atomic mass is 10.1. The van der Waals surface area contributed by atoms with Gasteiger partial charge in [0.15, 0.2) is 0 Å². The molecule has 2 saturated heterocycles. The number of rotatable bonds is 5. The third kappa shape index (κ3) is 3.87. The van der Waals surface area contributed by atoms with Crippen molar-refractivity contribution in [3.05, 3.63) is 65.5 Å². The summed E-state index contributed by atoms with van der Waals surface area (Å²) in [4.78, 5) is 44.4. The van der Waals surface area contributed by atoms with E-state index < -0.39 is 0 Å². The molecule has 8 heteroatoms. The second-order valence-electron chi connectivity index (χ2n) is 6.81. The summed E-state index contributed by atoms with van der Waals surface area (Å²) >= 11 is 1.61. The van der Waals surface area contributed by atoms with Gasteiger partial charge in [0, 0.05) is 36.8 Å². The molecule has 144 valence electrons. The Balaban J connectivity index is 1.36. The molecule has 0 saturated carbocycles. The zero-order valence-electron chi connectivity index (χ0n) is 15.2. The number of carbonyl (C=O) groups is 3. The van der Waals surface area contributed by atoms with E-state index in [0.717, 1.165) is 11.1 Å². The molecule has 1 atom stereocenters. The Labute approximate surface area is 167 Å². The number of nitrogens with zero attached hydrogens (tertiary/aromatic N) is 3. The predicted octanol–water partition coefficient (Wildman–Crippen LogP) is 1.26. The van der Waals surface area contributed by atoms with Crippen molar-refractivity contribution in [1.82, 2.24) is 20.1 Å². The maximum Gasteiger partial charge on any atom is 0.251 e. The number of piperazine rings is 1. The number of nitrogens with one attached hydrogen (secondary N) is 1.